The van der Waals surface area contributed by atoms with Crippen LogP contribution in [0.15, 0.2) is 11.4 Å². The van der Waals surface area contributed by atoms with Crippen molar-refractivity contribution in [3.05, 3.63) is 11.4 Å². The first kappa shape index (κ1) is 14.3. The Morgan fingerprint density at radius 3 is 2.40 bits per heavy atom. The number of rotatable bonds is 6. The van der Waals surface area contributed by atoms with Gasteiger partial charge in [0.25, 0.3) is 0 Å². The molecule has 0 heterocycles. The van der Waals surface area contributed by atoms with Crippen molar-refractivity contribution >= 4 is 13.6 Å². The van der Waals surface area contributed by atoms with Crippen molar-refractivity contribution in [2.24, 2.45) is 5.73 Å². The van der Waals surface area contributed by atoms with Gasteiger partial charge in [0.15, 0.2) is 0 Å². The third-order valence-electron chi connectivity index (χ3n) is 1.72. The Kier molecular flexibility index (Phi) is 5.75. The molecule has 88 valence electrons. The predicted octanol–water partition coefficient (Wildman–Crippen LogP) is 0.650. The highest BCUT2D eigenvalue weighted by molar-refractivity contribution is 7.55. The Morgan fingerprint density at radius 1 is 1.53 bits per heavy atom. The molecule has 7 heteroatoms. The lowest BCUT2D eigenvalue weighted by Gasteiger charge is -2.10. The van der Waals surface area contributed by atoms with E-state index in [4.69, 9.17) is 20.6 Å². The van der Waals surface area contributed by atoms with Crippen LogP contribution in [0.5, 0.6) is 0 Å². The summed E-state index contributed by atoms with van der Waals surface area (Å²) in [4.78, 5) is 27.9. The Bertz CT molecular complexity index is 295. The minimum absolute atomic E-state index is 0.0334. The SMILES string of the molecule is CCCC(=CP(=O)(O)O)CC(N)C(=O)O. The topological polar surface area (TPSA) is 121 Å². The predicted molar refractivity (Wildman–Crippen MR) is 55.3 cm³/mol. The molecule has 0 saturated heterocycles. The van der Waals surface area contributed by atoms with Gasteiger partial charge in [0.1, 0.15) is 6.04 Å². The van der Waals surface area contributed by atoms with Crippen molar-refractivity contribution in [1.29, 1.82) is 0 Å². The van der Waals surface area contributed by atoms with Crippen LogP contribution in [0.25, 0.3) is 0 Å². The summed E-state index contributed by atoms with van der Waals surface area (Å²) in [6.07, 6.45) is 1.08. The van der Waals surface area contributed by atoms with Crippen molar-refractivity contribution in [3.63, 3.8) is 0 Å². The van der Waals surface area contributed by atoms with Crippen LogP contribution in [0.2, 0.25) is 0 Å². The lowest BCUT2D eigenvalue weighted by molar-refractivity contribution is -0.138. The highest BCUT2D eigenvalue weighted by Gasteiger charge is 2.16. The zero-order valence-electron chi connectivity index (χ0n) is 8.46. The van der Waals surface area contributed by atoms with Crippen LogP contribution in [0.1, 0.15) is 26.2 Å². The average molecular weight is 237 g/mol. The molecule has 0 bridgehead atoms. The number of carbonyl (C=O) groups is 1. The Morgan fingerprint density at radius 2 is 2.07 bits per heavy atom. The molecule has 0 spiro atoms. The maximum Gasteiger partial charge on any atom is 0.349 e. The molecule has 6 nitrogen and oxygen atoms in total. The second-order valence-corrected chi connectivity index (χ2v) is 4.71. The van der Waals surface area contributed by atoms with E-state index in [9.17, 15) is 9.36 Å². The summed E-state index contributed by atoms with van der Waals surface area (Å²) >= 11 is 0. The molecule has 0 aromatic carbocycles. The maximum absolute atomic E-state index is 10.7. The fraction of sp³-hybridized carbons (Fsp3) is 0.625. The first-order chi connectivity index (χ1) is 6.76. The molecule has 0 amide bonds. The molecule has 0 saturated carbocycles. The van der Waals surface area contributed by atoms with Crippen LogP contribution >= 0.6 is 7.60 Å². The summed E-state index contributed by atoms with van der Waals surface area (Å²) in [5.41, 5.74) is 5.66. The van der Waals surface area contributed by atoms with Gasteiger partial charge >= 0.3 is 13.6 Å². The van der Waals surface area contributed by atoms with Crippen LogP contribution in [-0.2, 0) is 9.36 Å². The largest absolute Gasteiger partial charge is 0.480 e. The van der Waals surface area contributed by atoms with Crippen molar-refractivity contribution in [2.75, 3.05) is 0 Å². The van der Waals surface area contributed by atoms with Crippen molar-refractivity contribution < 1.29 is 24.3 Å². The first-order valence-electron chi connectivity index (χ1n) is 4.50. The monoisotopic (exact) mass is 237 g/mol. The van der Waals surface area contributed by atoms with E-state index in [1.807, 2.05) is 6.92 Å². The first-order valence-corrected chi connectivity index (χ1v) is 6.18. The van der Waals surface area contributed by atoms with Gasteiger partial charge in [-0.15, -0.1) is 0 Å². The Labute approximate surface area is 88.0 Å². The van der Waals surface area contributed by atoms with E-state index >= 15 is 0 Å². The van der Waals surface area contributed by atoms with Gasteiger partial charge in [-0.2, -0.15) is 0 Å². The molecular weight excluding hydrogens is 221 g/mol. The zero-order chi connectivity index (χ0) is 12.1. The normalized spacial score (nSPS) is 15.1. The van der Waals surface area contributed by atoms with E-state index in [0.29, 0.717) is 18.4 Å². The van der Waals surface area contributed by atoms with Crippen LogP contribution < -0.4 is 5.73 Å². The summed E-state index contributed by atoms with van der Waals surface area (Å²) in [7, 11) is -4.25. The van der Waals surface area contributed by atoms with Crippen molar-refractivity contribution in [3.8, 4) is 0 Å². The fourth-order valence-electron chi connectivity index (χ4n) is 1.15. The highest BCUT2D eigenvalue weighted by atomic mass is 31.2. The summed E-state index contributed by atoms with van der Waals surface area (Å²) in [5, 5.41) is 8.55. The summed E-state index contributed by atoms with van der Waals surface area (Å²) < 4.78 is 10.7. The molecule has 0 aliphatic heterocycles. The minimum atomic E-state index is -4.25. The average Bonchev–Trinajstić information content (AvgIpc) is 2.00. The van der Waals surface area contributed by atoms with Crippen LogP contribution in [-0.4, -0.2) is 26.9 Å². The molecular formula is C8H16NO5P. The van der Waals surface area contributed by atoms with Gasteiger partial charge in [0.05, 0.1) is 0 Å². The molecule has 0 aliphatic carbocycles. The van der Waals surface area contributed by atoms with E-state index < -0.39 is 19.6 Å². The number of carboxylic acid groups (broad SMARTS) is 1. The van der Waals surface area contributed by atoms with Gasteiger partial charge in [0.2, 0.25) is 0 Å². The number of hydrogen-bond acceptors (Lipinski definition) is 3. The zero-order valence-corrected chi connectivity index (χ0v) is 9.35. The molecule has 0 aromatic rings. The Hall–Kier alpha value is -0.680. The molecule has 0 rings (SSSR count). The molecule has 0 aliphatic rings. The molecule has 1 atom stereocenters. The number of nitrogens with two attached hydrogens (primary N) is 1. The van der Waals surface area contributed by atoms with Crippen LogP contribution in [0.4, 0.5) is 0 Å². The van der Waals surface area contributed by atoms with Crippen molar-refractivity contribution in [1.82, 2.24) is 0 Å². The van der Waals surface area contributed by atoms with E-state index in [2.05, 4.69) is 0 Å². The van der Waals surface area contributed by atoms with Gasteiger partial charge in [-0.3, -0.25) is 9.36 Å². The van der Waals surface area contributed by atoms with Gasteiger partial charge in [-0.05, 0) is 12.8 Å². The molecule has 0 fully saturated rings. The molecule has 5 N–H and O–H groups in total. The maximum atomic E-state index is 10.7. The molecule has 15 heavy (non-hydrogen) atoms. The Balaban J connectivity index is 4.62. The fourth-order valence-corrected chi connectivity index (χ4v) is 1.86. The quantitative estimate of drug-likeness (QED) is 0.503. The van der Waals surface area contributed by atoms with Gasteiger partial charge in [0, 0.05) is 5.82 Å². The van der Waals surface area contributed by atoms with Gasteiger partial charge in [-0.25, -0.2) is 0 Å². The molecule has 0 aromatic heterocycles. The number of carboxylic acids is 1. The molecule has 0 radical (unpaired) electrons. The second kappa shape index (κ2) is 6.02. The highest BCUT2D eigenvalue weighted by Crippen LogP contribution is 2.39. The van der Waals surface area contributed by atoms with E-state index in [1.54, 1.807) is 0 Å². The lowest BCUT2D eigenvalue weighted by atomic mass is 10.0. The van der Waals surface area contributed by atoms with Gasteiger partial charge < -0.3 is 20.6 Å². The molecule has 1 unspecified atom stereocenters. The van der Waals surface area contributed by atoms with Crippen molar-refractivity contribution in [2.45, 2.75) is 32.2 Å². The van der Waals surface area contributed by atoms with Crippen LogP contribution in [0.3, 0.4) is 0 Å². The van der Waals surface area contributed by atoms with E-state index in [-0.39, 0.29) is 6.42 Å². The smallest absolute Gasteiger partial charge is 0.349 e. The van der Waals surface area contributed by atoms with Gasteiger partial charge in [-0.1, -0.05) is 18.9 Å². The number of aliphatic carboxylic acids is 1. The van der Waals surface area contributed by atoms with E-state index in [0.717, 1.165) is 5.82 Å². The summed E-state index contributed by atoms with van der Waals surface area (Å²) in [6, 6.07) is -1.12. The summed E-state index contributed by atoms with van der Waals surface area (Å²) in [5.74, 6) is -0.373. The summed E-state index contributed by atoms with van der Waals surface area (Å²) in [6.45, 7) is 1.83. The second-order valence-electron chi connectivity index (χ2n) is 3.28. The third kappa shape index (κ3) is 7.27. The standard InChI is InChI=1S/C8H16NO5P/c1-2-3-6(5-15(12,13)14)4-7(9)8(10)11/h5,7H,2-4,9H2,1H3,(H,10,11)(H2,12,13,14). The third-order valence-corrected chi connectivity index (χ3v) is 2.42. The lowest BCUT2D eigenvalue weighted by Crippen LogP contribution is -2.30. The number of hydrogen-bond donors (Lipinski definition) is 4. The van der Waals surface area contributed by atoms with E-state index in [1.165, 1.54) is 0 Å². The minimum Gasteiger partial charge on any atom is -0.480 e. The van der Waals surface area contributed by atoms with Crippen LogP contribution in [0, 0.1) is 0 Å².